The second-order valence-electron chi connectivity index (χ2n) is 8.91. The quantitative estimate of drug-likeness (QED) is 0.588. The Morgan fingerprint density at radius 1 is 1.06 bits per heavy atom. The van der Waals surface area contributed by atoms with Crippen LogP contribution in [0.1, 0.15) is 36.3 Å². The van der Waals surface area contributed by atoms with Crippen LogP contribution < -0.4 is 5.32 Å². The van der Waals surface area contributed by atoms with Gasteiger partial charge in [-0.25, -0.2) is 4.79 Å². The lowest BCUT2D eigenvalue weighted by Gasteiger charge is -2.40. The second kappa shape index (κ2) is 10.3. The third kappa shape index (κ3) is 4.77. The molecule has 8 heteroatoms. The summed E-state index contributed by atoms with van der Waals surface area (Å²) < 4.78 is 10.7. The molecule has 8 nitrogen and oxygen atoms in total. The molecule has 1 unspecified atom stereocenters. The Morgan fingerprint density at radius 3 is 2.21 bits per heavy atom. The predicted molar refractivity (Wildman–Crippen MR) is 125 cm³/mol. The van der Waals surface area contributed by atoms with E-state index >= 15 is 0 Å². The van der Waals surface area contributed by atoms with Crippen molar-refractivity contribution in [3.63, 3.8) is 0 Å². The van der Waals surface area contributed by atoms with Crippen molar-refractivity contribution in [3.8, 4) is 11.1 Å². The van der Waals surface area contributed by atoms with Crippen LogP contribution in [-0.4, -0.2) is 67.4 Å². The lowest BCUT2D eigenvalue weighted by atomic mass is 9.79. The first-order valence-corrected chi connectivity index (χ1v) is 11.5. The van der Waals surface area contributed by atoms with Crippen LogP contribution >= 0.6 is 0 Å². The fourth-order valence-electron chi connectivity index (χ4n) is 4.81. The number of amides is 2. The lowest BCUT2D eigenvalue weighted by molar-refractivity contribution is -0.150. The highest BCUT2D eigenvalue weighted by Crippen LogP contribution is 2.44. The Hall–Kier alpha value is -3.39. The van der Waals surface area contributed by atoms with Crippen LogP contribution in [0, 0.1) is 5.92 Å². The molecule has 2 aliphatic rings. The maximum atomic E-state index is 13.0. The van der Waals surface area contributed by atoms with Crippen molar-refractivity contribution in [2.75, 3.05) is 27.4 Å². The van der Waals surface area contributed by atoms with E-state index < -0.39 is 24.0 Å². The van der Waals surface area contributed by atoms with Crippen LogP contribution in [-0.2, 0) is 19.1 Å². The SMILES string of the molecule is COCCC(NC(=O)OCC1c2ccccc2-c2ccccc21)C(=O)N(C)C1CC(C(=O)O)C1. The van der Waals surface area contributed by atoms with Gasteiger partial charge in [0.25, 0.3) is 0 Å². The zero-order chi connectivity index (χ0) is 24.2. The number of methoxy groups -OCH3 is 1. The fourth-order valence-corrected chi connectivity index (χ4v) is 4.81. The van der Waals surface area contributed by atoms with Crippen molar-refractivity contribution < 1.29 is 29.0 Å². The van der Waals surface area contributed by atoms with Crippen LogP contribution in [0.4, 0.5) is 4.79 Å². The fraction of sp³-hybridized carbons (Fsp3) is 0.423. The van der Waals surface area contributed by atoms with Gasteiger partial charge in [-0.15, -0.1) is 0 Å². The first kappa shape index (κ1) is 23.8. The van der Waals surface area contributed by atoms with Gasteiger partial charge in [0.05, 0.1) is 5.92 Å². The summed E-state index contributed by atoms with van der Waals surface area (Å²) in [4.78, 5) is 38.3. The molecule has 0 aromatic heterocycles. The highest BCUT2D eigenvalue weighted by Gasteiger charge is 2.40. The molecule has 2 aromatic rings. The number of nitrogens with one attached hydrogen (secondary N) is 1. The number of ether oxygens (including phenoxy) is 2. The third-order valence-corrected chi connectivity index (χ3v) is 6.90. The summed E-state index contributed by atoms with van der Waals surface area (Å²) >= 11 is 0. The predicted octanol–water partition coefficient (Wildman–Crippen LogP) is 3.25. The van der Waals surface area contributed by atoms with Crippen molar-refractivity contribution in [2.45, 2.75) is 37.3 Å². The van der Waals surface area contributed by atoms with Gasteiger partial charge in [0.2, 0.25) is 5.91 Å². The summed E-state index contributed by atoms with van der Waals surface area (Å²) in [5, 5.41) is 11.8. The molecular formula is C26H30N2O6. The van der Waals surface area contributed by atoms with E-state index in [1.807, 2.05) is 36.4 Å². The summed E-state index contributed by atoms with van der Waals surface area (Å²) in [6.07, 6.45) is 0.458. The number of alkyl carbamates (subject to hydrolysis) is 1. The summed E-state index contributed by atoms with van der Waals surface area (Å²) in [6, 6.07) is 15.2. The van der Waals surface area contributed by atoms with E-state index in [1.54, 1.807) is 7.05 Å². The molecule has 0 aliphatic heterocycles. The molecule has 0 saturated heterocycles. The summed E-state index contributed by atoms with van der Waals surface area (Å²) in [5.74, 6) is -1.62. The molecule has 1 fully saturated rings. The molecule has 0 heterocycles. The number of carbonyl (C=O) groups excluding carboxylic acids is 2. The van der Waals surface area contributed by atoms with Gasteiger partial charge in [0, 0.05) is 39.1 Å². The van der Waals surface area contributed by atoms with E-state index in [0.717, 1.165) is 22.3 Å². The summed E-state index contributed by atoms with van der Waals surface area (Å²) in [7, 11) is 3.17. The number of nitrogens with zero attached hydrogens (tertiary/aromatic N) is 1. The zero-order valence-corrected chi connectivity index (χ0v) is 19.4. The van der Waals surface area contributed by atoms with Gasteiger partial charge in [-0.1, -0.05) is 48.5 Å². The Kier molecular flexibility index (Phi) is 7.17. The molecule has 34 heavy (non-hydrogen) atoms. The molecule has 2 N–H and O–H groups in total. The Balaban J connectivity index is 1.38. The first-order chi connectivity index (χ1) is 16.4. The second-order valence-corrected chi connectivity index (χ2v) is 8.91. The molecule has 4 rings (SSSR count). The van der Waals surface area contributed by atoms with E-state index in [1.165, 1.54) is 12.0 Å². The van der Waals surface area contributed by atoms with Gasteiger partial charge in [-0.2, -0.15) is 0 Å². The van der Waals surface area contributed by atoms with E-state index in [2.05, 4.69) is 17.4 Å². The van der Waals surface area contributed by atoms with Crippen LogP contribution in [0.5, 0.6) is 0 Å². The number of aliphatic carboxylic acids is 1. The number of benzene rings is 2. The van der Waals surface area contributed by atoms with Crippen LogP contribution in [0.2, 0.25) is 0 Å². The van der Waals surface area contributed by atoms with E-state index in [4.69, 9.17) is 14.6 Å². The van der Waals surface area contributed by atoms with Crippen molar-refractivity contribution >= 4 is 18.0 Å². The lowest BCUT2D eigenvalue weighted by Crippen LogP contribution is -2.54. The van der Waals surface area contributed by atoms with Gasteiger partial charge < -0.3 is 24.8 Å². The molecule has 2 amide bonds. The monoisotopic (exact) mass is 466 g/mol. The molecule has 1 saturated carbocycles. The third-order valence-electron chi connectivity index (χ3n) is 6.90. The number of hydrogen-bond acceptors (Lipinski definition) is 5. The van der Waals surface area contributed by atoms with Crippen molar-refractivity contribution in [2.24, 2.45) is 5.92 Å². The number of rotatable bonds is 9. The number of carboxylic acid groups (broad SMARTS) is 1. The van der Waals surface area contributed by atoms with Crippen LogP contribution in [0.15, 0.2) is 48.5 Å². The molecule has 0 spiro atoms. The average molecular weight is 467 g/mol. The molecule has 2 aromatic carbocycles. The largest absolute Gasteiger partial charge is 0.481 e. The Labute approximate surface area is 198 Å². The van der Waals surface area contributed by atoms with Crippen LogP contribution in [0.25, 0.3) is 11.1 Å². The van der Waals surface area contributed by atoms with Gasteiger partial charge in [0.1, 0.15) is 12.6 Å². The van der Waals surface area contributed by atoms with Gasteiger partial charge in [-0.3, -0.25) is 9.59 Å². The maximum Gasteiger partial charge on any atom is 0.407 e. The highest BCUT2D eigenvalue weighted by molar-refractivity contribution is 5.86. The molecule has 2 aliphatic carbocycles. The van der Waals surface area contributed by atoms with Gasteiger partial charge in [-0.05, 0) is 35.1 Å². The Morgan fingerprint density at radius 2 is 1.65 bits per heavy atom. The van der Waals surface area contributed by atoms with Crippen LogP contribution in [0.3, 0.4) is 0 Å². The smallest absolute Gasteiger partial charge is 0.407 e. The minimum Gasteiger partial charge on any atom is -0.481 e. The molecule has 1 atom stereocenters. The summed E-state index contributed by atoms with van der Waals surface area (Å²) in [6.45, 7) is 0.445. The number of fused-ring (bicyclic) bond motifs is 3. The normalized spacial score (nSPS) is 19.4. The van der Waals surface area contributed by atoms with E-state index in [9.17, 15) is 14.4 Å². The topological polar surface area (TPSA) is 105 Å². The number of hydrogen-bond donors (Lipinski definition) is 2. The zero-order valence-electron chi connectivity index (χ0n) is 19.4. The average Bonchev–Trinajstić information content (AvgIpc) is 3.12. The van der Waals surface area contributed by atoms with Crippen molar-refractivity contribution in [1.29, 1.82) is 0 Å². The maximum absolute atomic E-state index is 13.0. The van der Waals surface area contributed by atoms with Gasteiger partial charge >= 0.3 is 12.1 Å². The molecule has 0 bridgehead atoms. The first-order valence-electron chi connectivity index (χ1n) is 11.5. The minimum absolute atomic E-state index is 0.0723. The molecule has 180 valence electrons. The van der Waals surface area contributed by atoms with Crippen molar-refractivity contribution in [3.05, 3.63) is 59.7 Å². The van der Waals surface area contributed by atoms with E-state index in [0.29, 0.717) is 19.3 Å². The molecule has 0 radical (unpaired) electrons. The standard InChI is InChI=1S/C26H30N2O6/c1-28(17-13-16(14-17)25(30)31)24(29)23(11-12-33-2)27-26(32)34-15-22-20-9-5-3-7-18(20)19-8-4-6-10-21(19)22/h3-10,16-17,22-23H,11-15H2,1-2H3,(H,27,32)(H,30,31). The summed E-state index contributed by atoms with van der Waals surface area (Å²) in [5.41, 5.74) is 4.51. The number of likely N-dealkylation sites (N-methyl/N-ethyl adjacent to an activating group) is 1. The molecular weight excluding hydrogens is 436 g/mol. The number of carbonyl (C=O) groups is 3. The van der Waals surface area contributed by atoms with E-state index in [-0.39, 0.29) is 31.1 Å². The Bertz CT molecular complexity index is 1020. The van der Waals surface area contributed by atoms with Gasteiger partial charge in [0.15, 0.2) is 0 Å². The minimum atomic E-state index is -0.843. The van der Waals surface area contributed by atoms with Crippen molar-refractivity contribution in [1.82, 2.24) is 10.2 Å². The number of carboxylic acids is 1. The highest BCUT2D eigenvalue weighted by atomic mass is 16.5.